The Kier molecular flexibility index (Phi) is 5.52. The summed E-state index contributed by atoms with van der Waals surface area (Å²) in [6.07, 6.45) is 1.73. The van der Waals surface area contributed by atoms with Gasteiger partial charge in [-0.2, -0.15) is 0 Å². The maximum absolute atomic E-state index is 12.4. The highest BCUT2D eigenvalue weighted by Crippen LogP contribution is 2.21. The first kappa shape index (κ1) is 16.1. The highest BCUT2D eigenvalue weighted by molar-refractivity contribution is 7.89. The Morgan fingerprint density at radius 2 is 1.95 bits per heavy atom. The number of hydrogen-bond donors (Lipinski definition) is 2. The molecule has 108 valence electrons. The normalized spacial score (nSPS) is 13.5. The molecule has 0 amide bonds. The number of aryl methyl sites for hydroxylation is 1. The van der Waals surface area contributed by atoms with Gasteiger partial charge in [0.05, 0.1) is 11.5 Å². The van der Waals surface area contributed by atoms with Gasteiger partial charge in [-0.3, -0.25) is 0 Å². The average molecular weight is 285 g/mol. The smallest absolute Gasteiger partial charge is 0.241 e. The van der Waals surface area contributed by atoms with Crippen LogP contribution in [0.15, 0.2) is 17.0 Å². The van der Waals surface area contributed by atoms with Gasteiger partial charge in [0, 0.05) is 6.04 Å². The van der Waals surface area contributed by atoms with E-state index < -0.39 is 10.0 Å². The van der Waals surface area contributed by atoms with Crippen molar-refractivity contribution in [2.75, 3.05) is 0 Å². The van der Waals surface area contributed by atoms with E-state index in [1.54, 1.807) is 13.0 Å². The highest BCUT2D eigenvalue weighted by atomic mass is 32.2. The summed E-state index contributed by atoms with van der Waals surface area (Å²) in [6, 6.07) is 3.26. The minimum atomic E-state index is -3.53. The van der Waals surface area contributed by atoms with Crippen molar-refractivity contribution in [2.24, 2.45) is 0 Å². The monoisotopic (exact) mass is 285 g/mol. The second kappa shape index (κ2) is 6.50. The summed E-state index contributed by atoms with van der Waals surface area (Å²) in [7, 11) is -3.53. The van der Waals surface area contributed by atoms with Crippen LogP contribution in [-0.2, 0) is 16.6 Å². The molecule has 0 heterocycles. The van der Waals surface area contributed by atoms with Crippen LogP contribution in [-0.4, -0.2) is 19.6 Å². The molecule has 4 nitrogen and oxygen atoms in total. The summed E-state index contributed by atoms with van der Waals surface area (Å²) in [5.74, 6) is 0. The fourth-order valence-corrected chi connectivity index (χ4v) is 3.73. The van der Waals surface area contributed by atoms with E-state index in [4.69, 9.17) is 0 Å². The number of hydrogen-bond acceptors (Lipinski definition) is 3. The van der Waals surface area contributed by atoms with Crippen LogP contribution in [0.25, 0.3) is 0 Å². The second-order valence-corrected chi connectivity index (χ2v) is 6.69. The predicted molar refractivity (Wildman–Crippen MR) is 76.5 cm³/mol. The van der Waals surface area contributed by atoms with E-state index in [1.807, 2.05) is 26.8 Å². The fraction of sp³-hybridized carbons (Fsp3) is 0.571. The zero-order chi connectivity index (χ0) is 14.6. The molecule has 1 atom stereocenters. The molecule has 0 spiro atoms. The van der Waals surface area contributed by atoms with E-state index in [-0.39, 0.29) is 17.5 Å². The van der Waals surface area contributed by atoms with Gasteiger partial charge in [0.1, 0.15) is 0 Å². The predicted octanol–water partition coefficient (Wildman–Crippen LogP) is 2.26. The van der Waals surface area contributed by atoms with Gasteiger partial charge in [0.15, 0.2) is 0 Å². The molecule has 1 unspecified atom stereocenters. The zero-order valence-electron chi connectivity index (χ0n) is 12.0. The van der Waals surface area contributed by atoms with E-state index in [0.29, 0.717) is 5.56 Å². The average Bonchev–Trinajstić information content (AvgIpc) is 2.31. The summed E-state index contributed by atoms with van der Waals surface area (Å²) < 4.78 is 27.4. The molecule has 1 rings (SSSR count). The number of sulfonamides is 1. The van der Waals surface area contributed by atoms with Crippen molar-refractivity contribution in [3.05, 3.63) is 28.8 Å². The maximum atomic E-state index is 12.4. The SMILES string of the molecule is CCCC(C)NS(=O)(=O)c1cc(CO)cc(C)c1C. The summed E-state index contributed by atoms with van der Waals surface area (Å²) in [5.41, 5.74) is 2.22. The standard InChI is InChI=1S/C14H23NO3S/c1-5-6-11(3)15-19(17,18)14-8-13(9-16)7-10(2)12(14)4/h7-8,11,15-16H,5-6,9H2,1-4H3. The van der Waals surface area contributed by atoms with Crippen molar-refractivity contribution in [3.8, 4) is 0 Å². The van der Waals surface area contributed by atoms with Gasteiger partial charge in [-0.1, -0.05) is 19.4 Å². The first-order valence-corrected chi connectivity index (χ1v) is 8.03. The molecule has 0 bridgehead atoms. The molecule has 0 fully saturated rings. The molecular weight excluding hydrogens is 262 g/mol. The molecule has 1 aromatic rings. The lowest BCUT2D eigenvalue weighted by Crippen LogP contribution is -2.33. The summed E-state index contributed by atoms with van der Waals surface area (Å²) in [5, 5.41) is 9.19. The summed E-state index contributed by atoms with van der Waals surface area (Å²) in [6.45, 7) is 7.36. The van der Waals surface area contributed by atoms with Crippen LogP contribution < -0.4 is 4.72 Å². The zero-order valence-corrected chi connectivity index (χ0v) is 12.8. The van der Waals surface area contributed by atoms with Crippen LogP contribution in [0, 0.1) is 13.8 Å². The number of aliphatic hydroxyl groups excluding tert-OH is 1. The van der Waals surface area contributed by atoms with Gasteiger partial charge in [0.25, 0.3) is 0 Å². The molecule has 19 heavy (non-hydrogen) atoms. The Morgan fingerprint density at radius 3 is 2.47 bits per heavy atom. The minimum Gasteiger partial charge on any atom is -0.392 e. The van der Waals surface area contributed by atoms with E-state index in [1.165, 1.54) is 0 Å². The van der Waals surface area contributed by atoms with Gasteiger partial charge < -0.3 is 5.11 Å². The third-order valence-electron chi connectivity index (χ3n) is 3.23. The lowest BCUT2D eigenvalue weighted by Gasteiger charge is -2.16. The molecule has 2 N–H and O–H groups in total. The van der Waals surface area contributed by atoms with Crippen LogP contribution in [0.1, 0.15) is 43.4 Å². The van der Waals surface area contributed by atoms with Crippen LogP contribution in [0.5, 0.6) is 0 Å². The lowest BCUT2D eigenvalue weighted by molar-refractivity contribution is 0.281. The van der Waals surface area contributed by atoms with Crippen molar-refractivity contribution in [1.82, 2.24) is 4.72 Å². The number of aliphatic hydroxyl groups is 1. The topological polar surface area (TPSA) is 66.4 Å². The van der Waals surface area contributed by atoms with Gasteiger partial charge in [0.2, 0.25) is 10.0 Å². The minimum absolute atomic E-state index is 0.0903. The third-order valence-corrected chi connectivity index (χ3v) is 4.95. The van der Waals surface area contributed by atoms with Crippen LogP contribution in [0.3, 0.4) is 0 Å². The van der Waals surface area contributed by atoms with Gasteiger partial charge >= 0.3 is 0 Å². The van der Waals surface area contributed by atoms with E-state index in [2.05, 4.69) is 4.72 Å². The van der Waals surface area contributed by atoms with Gasteiger partial charge in [-0.05, 0) is 49.9 Å². The third kappa shape index (κ3) is 4.03. The first-order chi connectivity index (χ1) is 8.81. The van der Waals surface area contributed by atoms with Crippen molar-refractivity contribution >= 4 is 10.0 Å². The Balaban J connectivity index is 3.17. The molecule has 1 aromatic carbocycles. The van der Waals surface area contributed by atoms with Crippen molar-refractivity contribution in [2.45, 2.75) is 58.1 Å². The quantitative estimate of drug-likeness (QED) is 0.842. The van der Waals surface area contributed by atoms with Crippen molar-refractivity contribution < 1.29 is 13.5 Å². The van der Waals surface area contributed by atoms with E-state index >= 15 is 0 Å². The maximum Gasteiger partial charge on any atom is 0.241 e. The highest BCUT2D eigenvalue weighted by Gasteiger charge is 2.20. The van der Waals surface area contributed by atoms with Crippen LogP contribution in [0.2, 0.25) is 0 Å². The van der Waals surface area contributed by atoms with Crippen molar-refractivity contribution in [3.63, 3.8) is 0 Å². The van der Waals surface area contributed by atoms with Crippen molar-refractivity contribution in [1.29, 1.82) is 0 Å². The molecule has 0 aliphatic rings. The molecule has 0 aliphatic heterocycles. The fourth-order valence-electron chi connectivity index (χ4n) is 2.09. The molecule has 0 saturated heterocycles. The Hall–Kier alpha value is -0.910. The largest absolute Gasteiger partial charge is 0.392 e. The Labute approximate surface area is 115 Å². The van der Waals surface area contributed by atoms with Gasteiger partial charge in [-0.25, -0.2) is 13.1 Å². The molecule has 0 aliphatic carbocycles. The number of nitrogens with one attached hydrogen (secondary N) is 1. The number of benzene rings is 1. The van der Waals surface area contributed by atoms with E-state index in [0.717, 1.165) is 24.0 Å². The second-order valence-electron chi connectivity index (χ2n) is 5.00. The molecule has 0 saturated carbocycles. The summed E-state index contributed by atoms with van der Waals surface area (Å²) >= 11 is 0. The molecular formula is C14H23NO3S. The molecule has 0 aromatic heterocycles. The van der Waals surface area contributed by atoms with Gasteiger partial charge in [-0.15, -0.1) is 0 Å². The number of rotatable bonds is 6. The first-order valence-electron chi connectivity index (χ1n) is 6.55. The van der Waals surface area contributed by atoms with E-state index in [9.17, 15) is 13.5 Å². The lowest BCUT2D eigenvalue weighted by atomic mass is 10.1. The summed E-state index contributed by atoms with van der Waals surface area (Å²) in [4.78, 5) is 0.263. The Bertz CT molecular complexity index is 538. The van der Waals surface area contributed by atoms with Crippen LogP contribution in [0.4, 0.5) is 0 Å². The molecule has 0 radical (unpaired) electrons. The molecule has 5 heteroatoms. The van der Waals surface area contributed by atoms with Crippen LogP contribution >= 0.6 is 0 Å². The Morgan fingerprint density at radius 1 is 1.32 bits per heavy atom.